The lowest BCUT2D eigenvalue weighted by atomic mass is 9.97. The van der Waals surface area contributed by atoms with Crippen LogP contribution in [-0.2, 0) is 0 Å². The third kappa shape index (κ3) is 2.57. The third-order valence-corrected chi connectivity index (χ3v) is 4.80. The van der Waals surface area contributed by atoms with Gasteiger partial charge in [-0.25, -0.2) is 9.97 Å². The standard InChI is InChI=1S/C17H18ClN5O/c1-11-15(23-10-13(18)4-5-14(23)21-11)17(24)22-8-2-3-12(9-22)16-19-6-7-20-16/h4-7,10,12H,2-3,8-9H2,1H3,(H,19,20)/t12-/m0/s1. The van der Waals surface area contributed by atoms with Gasteiger partial charge in [0.1, 0.15) is 17.2 Å². The first kappa shape index (κ1) is 15.2. The zero-order valence-corrected chi connectivity index (χ0v) is 14.1. The van der Waals surface area contributed by atoms with E-state index in [1.54, 1.807) is 22.9 Å². The van der Waals surface area contributed by atoms with Gasteiger partial charge in [-0.3, -0.25) is 9.20 Å². The smallest absolute Gasteiger partial charge is 0.272 e. The van der Waals surface area contributed by atoms with E-state index in [0.29, 0.717) is 17.3 Å². The van der Waals surface area contributed by atoms with E-state index < -0.39 is 0 Å². The first-order valence-electron chi connectivity index (χ1n) is 8.06. The Hall–Kier alpha value is -2.34. The zero-order chi connectivity index (χ0) is 16.7. The number of aromatic nitrogens is 4. The predicted octanol–water partition coefficient (Wildman–Crippen LogP) is 3.04. The number of rotatable bonds is 2. The fraction of sp³-hybridized carbons (Fsp3) is 0.353. The molecule has 1 saturated heterocycles. The fourth-order valence-electron chi connectivity index (χ4n) is 3.43. The summed E-state index contributed by atoms with van der Waals surface area (Å²) in [5.41, 5.74) is 2.05. The van der Waals surface area contributed by atoms with Crippen molar-refractivity contribution in [3.8, 4) is 0 Å². The van der Waals surface area contributed by atoms with Gasteiger partial charge < -0.3 is 9.88 Å². The SMILES string of the molecule is Cc1nc2ccc(Cl)cn2c1C(=O)N1CCC[C@H](c2ncc[nH]2)C1. The molecule has 1 N–H and O–H groups in total. The first-order chi connectivity index (χ1) is 11.6. The minimum absolute atomic E-state index is 0.00137. The molecule has 1 aliphatic heterocycles. The number of piperidine rings is 1. The molecule has 0 radical (unpaired) electrons. The Morgan fingerprint density at radius 3 is 3.08 bits per heavy atom. The van der Waals surface area contributed by atoms with Crippen molar-refractivity contribution in [3.05, 3.63) is 53.0 Å². The minimum atomic E-state index is -0.00137. The normalized spacial score (nSPS) is 18.2. The topological polar surface area (TPSA) is 66.3 Å². The van der Waals surface area contributed by atoms with Crippen LogP contribution in [0.25, 0.3) is 5.65 Å². The molecule has 0 aromatic carbocycles. The minimum Gasteiger partial charge on any atom is -0.348 e. The summed E-state index contributed by atoms with van der Waals surface area (Å²) in [6.45, 7) is 3.28. The Morgan fingerprint density at radius 1 is 1.42 bits per heavy atom. The van der Waals surface area contributed by atoms with E-state index in [4.69, 9.17) is 11.6 Å². The van der Waals surface area contributed by atoms with E-state index in [2.05, 4.69) is 15.0 Å². The molecule has 0 unspecified atom stereocenters. The number of hydrogen-bond acceptors (Lipinski definition) is 3. The van der Waals surface area contributed by atoms with Crippen LogP contribution in [-0.4, -0.2) is 43.2 Å². The lowest BCUT2D eigenvalue weighted by Gasteiger charge is -2.31. The van der Waals surface area contributed by atoms with Crippen LogP contribution in [0.4, 0.5) is 0 Å². The molecule has 3 aromatic heterocycles. The fourth-order valence-corrected chi connectivity index (χ4v) is 3.59. The van der Waals surface area contributed by atoms with E-state index in [9.17, 15) is 4.79 Å². The van der Waals surface area contributed by atoms with Crippen molar-refractivity contribution in [2.75, 3.05) is 13.1 Å². The van der Waals surface area contributed by atoms with Crippen LogP contribution in [0, 0.1) is 6.92 Å². The number of H-pyrrole nitrogens is 1. The number of carbonyl (C=O) groups excluding carboxylic acids is 1. The van der Waals surface area contributed by atoms with Crippen molar-refractivity contribution >= 4 is 23.2 Å². The molecular weight excluding hydrogens is 326 g/mol. The Bertz CT molecular complexity index is 886. The molecule has 1 amide bonds. The van der Waals surface area contributed by atoms with Crippen LogP contribution in [0.5, 0.6) is 0 Å². The van der Waals surface area contributed by atoms with Gasteiger partial charge in [0.05, 0.1) is 10.7 Å². The van der Waals surface area contributed by atoms with Gasteiger partial charge in [0.2, 0.25) is 0 Å². The number of hydrogen-bond donors (Lipinski definition) is 1. The first-order valence-corrected chi connectivity index (χ1v) is 8.44. The molecule has 0 saturated carbocycles. The Labute approximate surface area is 144 Å². The molecule has 1 aliphatic rings. The summed E-state index contributed by atoms with van der Waals surface area (Å²) in [4.78, 5) is 27.0. The second-order valence-electron chi connectivity index (χ2n) is 6.19. The van der Waals surface area contributed by atoms with Gasteiger partial charge in [0, 0.05) is 37.6 Å². The van der Waals surface area contributed by atoms with Gasteiger partial charge in [0.15, 0.2) is 0 Å². The highest BCUT2D eigenvalue weighted by Crippen LogP contribution is 2.26. The molecule has 0 spiro atoms. The summed E-state index contributed by atoms with van der Waals surface area (Å²) in [7, 11) is 0. The van der Waals surface area contributed by atoms with Crippen LogP contribution in [0.1, 0.15) is 40.8 Å². The van der Waals surface area contributed by atoms with Crippen LogP contribution >= 0.6 is 11.6 Å². The van der Waals surface area contributed by atoms with Crippen LogP contribution in [0.15, 0.2) is 30.7 Å². The molecule has 7 heteroatoms. The summed E-state index contributed by atoms with van der Waals surface area (Å²) in [6.07, 6.45) is 7.33. The summed E-state index contributed by atoms with van der Waals surface area (Å²) < 4.78 is 1.79. The largest absolute Gasteiger partial charge is 0.348 e. The number of nitrogens with one attached hydrogen (secondary N) is 1. The van der Waals surface area contributed by atoms with Gasteiger partial charge in [-0.15, -0.1) is 0 Å². The van der Waals surface area contributed by atoms with Crippen molar-refractivity contribution < 1.29 is 4.79 Å². The molecule has 4 heterocycles. The molecule has 1 atom stereocenters. The van der Waals surface area contributed by atoms with Crippen molar-refractivity contribution in [3.63, 3.8) is 0 Å². The van der Waals surface area contributed by atoms with E-state index in [1.807, 2.05) is 24.1 Å². The number of imidazole rings is 2. The second-order valence-corrected chi connectivity index (χ2v) is 6.62. The molecule has 0 aliphatic carbocycles. The maximum atomic E-state index is 13.1. The van der Waals surface area contributed by atoms with Gasteiger partial charge in [-0.05, 0) is 31.9 Å². The Balaban J connectivity index is 1.66. The van der Waals surface area contributed by atoms with Crippen LogP contribution in [0.2, 0.25) is 5.02 Å². The number of likely N-dealkylation sites (tertiary alicyclic amines) is 1. The van der Waals surface area contributed by atoms with Crippen molar-refractivity contribution in [2.24, 2.45) is 0 Å². The van der Waals surface area contributed by atoms with E-state index in [1.165, 1.54) is 0 Å². The Morgan fingerprint density at radius 2 is 2.29 bits per heavy atom. The molecule has 4 rings (SSSR count). The highest BCUT2D eigenvalue weighted by Gasteiger charge is 2.29. The highest BCUT2D eigenvalue weighted by atomic mass is 35.5. The molecule has 6 nitrogen and oxygen atoms in total. The van der Waals surface area contributed by atoms with Crippen molar-refractivity contribution in [1.82, 2.24) is 24.3 Å². The summed E-state index contributed by atoms with van der Waals surface area (Å²) in [5, 5.41) is 0.584. The van der Waals surface area contributed by atoms with Crippen LogP contribution < -0.4 is 0 Å². The van der Waals surface area contributed by atoms with E-state index in [-0.39, 0.29) is 11.8 Å². The summed E-state index contributed by atoms with van der Waals surface area (Å²) >= 11 is 6.10. The average Bonchev–Trinajstić information content (AvgIpc) is 3.21. The summed E-state index contributed by atoms with van der Waals surface area (Å²) in [5.74, 6) is 1.20. The van der Waals surface area contributed by atoms with E-state index >= 15 is 0 Å². The molecule has 3 aromatic rings. The number of aryl methyl sites for hydroxylation is 1. The van der Waals surface area contributed by atoms with Crippen LogP contribution in [0.3, 0.4) is 0 Å². The van der Waals surface area contributed by atoms with E-state index in [0.717, 1.165) is 36.6 Å². The van der Waals surface area contributed by atoms with Gasteiger partial charge in [-0.2, -0.15) is 0 Å². The van der Waals surface area contributed by atoms with Gasteiger partial charge in [-0.1, -0.05) is 11.6 Å². The summed E-state index contributed by atoms with van der Waals surface area (Å²) in [6, 6.07) is 3.61. The average molecular weight is 344 g/mol. The number of pyridine rings is 1. The number of halogens is 1. The lowest BCUT2D eigenvalue weighted by Crippen LogP contribution is -2.40. The number of nitrogens with zero attached hydrogens (tertiary/aromatic N) is 4. The molecule has 24 heavy (non-hydrogen) atoms. The van der Waals surface area contributed by atoms with Gasteiger partial charge >= 0.3 is 0 Å². The molecule has 0 bridgehead atoms. The third-order valence-electron chi connectivity index (χ3n) is 4.57. The highest BCUT2D eigenvalue weighted by molar-refractivity contribution is 6.30. The number of carbonyl (C=O) groups is 1. The Kier molecular flexibility index (Phi) is 3.76. The molecule has 124 valence electrons. The predicted molar refractivity (Wildman–Crippen MR) is 91.4 cm³/mol. The second kappa shape index (κ2) is 5.94. The maximum Gasteiger partial charge on any atom is 0.272 e. The number of amides is 1. The van der Waals surface area contributed by atoms with Crippen molar-refractivity contribution in [1.29, 1.82) is 0 Å². The quantitative estimate of drug-likeness (QED) is 0.777. The number of aromatic amines is 1. The monoisotopic (exact) mass is 343 g/mol. The number of fused-ring (bicyclic) bond motifs is 1. The van der Waals surface area contributed by atoms with Gasteiger partial charge in [0.25, 0.3) is 5.91 Å². The molecular formula is C17H18ClN5O. The zero-order valence-electron chi connectivity index (χ0n) is 13.4. The molecule has 1 fully saturated rings. The maximum absolute atomic E-state index is 13.1. The lowest BCUT2D eigenvalue weighted by molar-refractivity contribution is 0.0697. The van der Waals surface area contributed by atoms with Crippen molar-refractivity contribution in [2.45, 2.75) is 25.7 Å².